The first-order valence-corrected chi connectivity index (χ1v) is 18.5. The van der Waals surface area contributed by atoms with E-state index in [0.717, 1.165) is 29.3 Å². The van der Waals surface area contributed by atoms with E-state index in [1.807, 2.05) is 82.7 Å². The average Bonchev–Trinajstić information content (AvgIpc) is 3.09. The van der Waals surface area contributed by atoms with E-state index in [4.69, 9.17) is 0 Å². The number of fused-ring (bicyclic) bond motifs is 5. The number of aromatic nitrogens is 1. The molecule has 1 saturated heterocycles. The number of rotatable bonds is 10. The highest BCUT2D eigenvalue weighted by Gasteiger charge is 2.43. The number of hydrogen-bond donors (Lipinski definition) is 1. The number of phenolic OH excluding ortho intramolecular Hbond substituents is 1. The molecule has 0 saturated carbocycles. The highest BCUT2D eigenvalue weighted by molar-refractivity contribution is 6.03. The van der Waals surface area contributed by atoms with Crippen molar-refractivity contribution in [3.05, 3.63) is 93.5 Å². The van der Waals surface area contributed by atoms with Gasteiger partial charge in [0.05, 0.1) is 34.1 Å². The van der Waals surface area contributed by atoms with Crippen LogP contribution in [0.15, 0.2) is 53.8 Å². The van der Waals surface area contributed by atoms with Gasteiger partial charge in [-0.25, -0.2) is 13.2 Å². The number of benzene rings is 3. The van der Waals surface area contributed by atoms with E-state index < -0.39 is 39.9 Å². The lowest BCUT2D eigenvalue weighted by Gasteiger charge is -2.52. The van der Waals surface area contributed by atoms with Gasteiger partial charge in [-0.15, -0.1) is 0 Å². The van der Waals surface area contributed by atoms with Crippen LogP contribution in [-0.4, -0.2) is 103 Å². The van der Waals surface area contributed by atoms with Crippen molar-refractivity contribution in [2.45, 2.75) is 58.7 Å². The predicted octanol–water partition coefficient (Wildman–Crippen LogP) is 6.64. The van der Waals surface area contributed by atoms with Gasteiger partial charge in [0.25, 0.3) is 5.56 Å². The maximum atomic E-state index is 17.7. The summed E-state index contributed by atoms with van der Waals surface area (Å²) in [5.74, 6) is -4.19. The molecule has 12 heteroatoms. The number of pyridine rings is 1. The van der Waals surface area contributed by atoms with E-state index in [1.54, 1.807) is 4.90 Å². The molecule has 2 aliphatic heterocycles. The Balaban J connectivity index is 1.77. The Morgan fingerprint density at radius 3 is 2.33 bits per heavy atom. The molecule has 2 unspecified atom stereocenters. The van der Waals surface area contributed by atoms with Gasteiger partial charge < -0.3 is 29.6 Å². The normalized spacial score (nSPS) is 17.2. The third-order valence-electron chi connectivity index (χ3n) is 10.6. The van der Waals surface area contributed by atoms with Crippen molar-refractivity contribution in [1.82, 2.24) is 19.3 Å². The fourth-order valence-corrected chi connectivity index (χ4v) is 8.33. The Hall–Kier alpha value is -4.81. The van der Waals surface area contributed by atoms with Crippen LogP contribution in [0.25, 0.3) is 27.7 Å². The second-order valence-corrected chi connectivity index (χ2v) is 15.6. The van der Waals surface area contributed by atoms with E-state index in [1.165, 1.54) is 28.8 Å². The maximum absolute atomic E-state index is 17.7. The van der Waals surface area contributed by atoms with Gasteiger partial charge in [-0.05, 0) is 102 Å². The summed E-state index contributed by atoms with van der Waals surface area (Å²) >= 11 is 0. The molecule has 1 fully saturated rings. The summed E-state index contributed by atoms with van der Waals surface area (Å²) in [5.41, 5.74) is 1.62. The summed E-state index contributed by atoms with van der Waals surface area (Å²) in [6, 6.07) is 8.03. The fourth-order valence-electron chi connectivity index (χ4n) is 8.33. The Bertz CT molecular complexity index is 2160. The molecule has 1 N–H and O–H groups in total. The van der Waals surface area contributed by atoms with Crippen LogP contribution < -0.4 is 15.4 Å². The van der Waals surface area contributed by atoms with Crippen molar-refractivity contribution in [1.29, 1.82) is 0 Å². The average molecular weight is 745 g/mol. The largest absolute Gasteiger partial charge is 0.507 e. The zero-order valence-electron chi connectivity index (χ0n) is 32.5. The molecule has 6 rings (SSSR count). The summed E-state index contributed by atoms with van der Waals surface area (Å²) in [7, 11) is 7.88. The van der Waals surface area contributed by atoms with Gasteiger partial charge in [0.2, 0.25) is 5.91 Å². The fraction of sp³-hybridized carbons (Fsp3) is 0.429. The molecule has 1 amide bonds. The number of piperazine rings is 1. The van der Waals surface area contributed by atoms with Crippen molar-refractivity contribution < 1.29 is 23.1 Å². The molecular weight excluding hydrogens is 693 g/mol. The number of halogens is 3. The number of aromatic hydroxyl groups is 1. The minimum absolute atomic E-state index is 0.103. The first kappa shape index (κ1) is 38.9. The molecule has 2 atom stereocenters. The third-order valence-corrected chi connectivity index (χ3v) is 10.6. The first-order chi connectivity index (χ1) is 25.5. The second-order valence-electron chi connectivity index (χ2n) is 15.6. The van der Waals surface area contributed by atoms with Crippen molar-refractivity contribution >= 4 is 28.2 Å². The van der Waals surface area contributed by atoms with Gasteiger partial charge in [-0.3, -0.25) is 14.2 Å². The number of amides is 1. The molecule has 3 aromatic carbocycles. The number of anilines is 2. The van der Waals surface area contributed by atoms with E-state index in [9.17, 15) is 9.90 Å². The standard InChI is InChI=1S/C42H51F3N6O3/c1-10-34(53)49-23-28-22-48(16-12-15-46(6)7)41-40(50(28)20-26(49)5)30-19-32(44)36(35-31(43)13-11-14-33(35)52)37(45)39(30)51(42(41)54)38-25(4)17-27(21-47(8)9)18-29(38)24(2)3/h10-11,13-14,17-19,24,26,28,52H,1,12,15-16,20-23H2,2-9H3. The quantitative estimate of drug-likeness (QED) is 0.183. The number of phenols is 1. The zero-order chi connectivity index (χ0) is 39.3. The number of carbonyl (C=O) groups excluding carboxylic acids is 1. The Morgan fingerprint density at radius 1 is 0.981 bits per heavy atom. The Morgan fingerprint density at radius 2 is 1.70 bits per heavy atom. The summed E-state index contributed by atoms with van der Waals surface area (Å²) < 4.78 is 51.2. The van der Waals surface area contributed by atoms with Gasteiger partial charge in [-0.1, -0.05) is 38.6 Å². The smallest absolute Gasteiger partial charge is 0.281 e. The van der Waals surface area contributed by atoms with E-state index in [0.29, 0.717) is 56.2 Å². The van der Waals surface area contributed by atoms with Crippen LogP contribution >= 0.6 is 0 Å². The van der Waals surface area contributed by atoms with Crippen LogP contribution in [0.5, 0.6) is 5.75 Å². The molecule has 2 aliphatic rings. The number of carbonyl (C=O) groups is 1. The highest BCUT2D eigenvalue weighted by Crippen LogP contribution is 2.46. The Kier molecular flexibility index (Phi) is 10.9. The van der Waals surface area contributed by atoms with Gasteiger partial charge in [0, 0.05) is 44.2 Å². The molecule has 0 aliphatic carbocycles. The highest BCUT2D eigenvalue weighted by atomic mass is 19.1. The predicted molar refractivity (Wildman–Crippen MR) is 211 cm³/mol. The molecule has 4 aromatic rings. The summed E-state index contributed by atoms with van der Waals surface area (Å²) in [5, 5.41) is 10.9. The van der Waals surface area contributed by atoms with Gasteiger partial charge in [0.15, 0.2) is 5.82 Å². The first-order valence-electron chi connectivity index (χ1n) is 18.5. The van der Waals surface area contributed by atoms with E-state index >= 15 is 18.0 Å². The van der Waals surface area contributed by atoms with Crippen LogP contribution in [0, 0.1) is 24.4 Å². The summed E-state index contributed by atoms with van der Waals surface area (Å²) in [6.07, 6.45) is 1.99. The monoisotopic (exact) mass is 744 g/mol. The molecule has 1 aromatic heterocycles. The van der Waals surface area contributed by atoms with E-state index in [2.05, 4.69) is 11.5 Å². The summed E-state index contributed by atoms with van der Waals surface area (Å²) in [6.45, 7) is 14.4. The van der Waals surface area contributed by atoms with Crippen molar-refractivity contribution in [3.63, 3.8) is 0 Å². The Labute approximate surface area is 315 Å². The van der Waals surface area contributed by atoms with Crippen LogP contribution in [0.2, 0.25) is 0 Å². The number of aryl methyl sites for hydroxylation is 1. The summed E-state index contributed by atoms with van der Waals surface area (Å²) in [4.78, 5) is 38.4. The molecular formula is C42H51F3N6O3. The lowest BCUT2D eigenvalue weighted by Crippen LogP contribution is -2.64. The molecule has 0 bridgehead atoms. The molecule has 3 heterocycles. The zero-order valence-corrected chi connectivity index (χ0v) is 32.5. The second kappa shape index (κ2) is 15.1. The van der Waals surface area contributed by atoms with Crippen molar-refractivity contribution in [2.24, 2.45) is 0 Å². The number of nitrogens with zero attached hydrogens (tertiary/aromatic N) is 6. The molecule has 0 radical (unpaired) electrons. The van der Waals surface area contributed by atoms with Gasteiger partial charge in [-0.2, -0.15) is 0 Å². The minimum atomic E-state index is -1.16. The molecule has 9 nitrogen and oxygen atoms in total. The van der Waals surface area contributed by atoms with Gasteiger partial charge >= 0.3 is 0 Å². The van der Waals surface area contributed by atoms with Gasteiger partial charge in [0.1, 0.15) is 23.1 Å². The van der Waals surface area contributed by atoms with Crippen LogP contribution in [0.4, 0.5) is 24.5 Å². The van der Waals surface area contributed by atoms with Crippen LogP contribution in [-0.2, 0) is 11.3 Å². The molecule has 54 heavy (non-hydrogen) atoms. The lowest BCUT2D eigenvalue weighted by atomic mass is 9.92. The molecule has 0 spiro atoms. The maximum Gasteiger partial charge on any atom is 0.281 e. The van der Waals surface area contributed by atoms with E-state index in [-0.39, 0.29) is 34.8 Å². The number of hydrogen-bond acceptors (Lipinski definition) is 7. The minimum Gasteiger partial charge on any atom is -0.507 e. The third kappa shape index (κ3) is 6.86. The molecule has 288 valence electrons. The SMILES string of the molecule is C=CC(=O)N1CC2CN(CCCN(C)C)c3c(c4cc(F)c(-c5c(O)cccc5F)c(F)c4n(-c4c(C)cc(CN(C)C)cc4C(C)C)c3=O)N2CC1C. The topological polar surface area (TPSA) is 75.5 Å². The van der Waals surface area contributed by atoms with Crippen molar-refractivity contribution in [2.75, 3.05) is 70.7 Å². The van der Waals surface area contributed by atoms with Crippen LogP contribution in [0.3, 0.4) is 0 Å². The van der Waals surface area contributed by atoms with Crippen molar-refractivity contribution in [3.8, 4) is 22.6 Å². The lowest BCUT2D eigenvalue weighted by molar-refractivity contribution is -0.128. The van der Waals surface area contributed by atoms with Crippen LogP contribution in [0.1, 0.15) is 49.8 Å².